The molecule has 3 N–H and O–H groups in total. The van der Waals surface area contributed by atoms with E-state index in [1.54, 1.807) is 37.5 Å². The summed E-state index contributed by atoms with van der Waals surface area (Å²) in [6, 6.07) is 20.2. The molecule has 2 saturated heterocycles. The highest BCUT2D eigenvalue weighted by molar-refractivity contribution is 6.05. The van der Waals surface area contributed by atoms with E-state index >= 15 is 0 Å². The molecule has 4 aromatic rings. The zero-order valence-electron chi connectivity index (χ0n) is 26.3. The lowest BCUT2D eigenvalue weighted by Crippen LogP contribution is -2.35. The van der Waals surface area contributed by atoms with Crippen molar-refractivity contribution >= 4 is 34.7 Å². The molecule has 2 aliphatic heterocycles. The van der Waals surface area contributed by atoms with E-state index in [2.05, 4.69) is 20.5 Å². The minimum atomic E-state index is -0.288. The van der Waals surface area contributed by atoms with Crippen LogP contribution >= 0.6 is 0 Å². The summed E-state index contributed by atoms with van der Waals surface area (Å²) in [7, 11) is 1.68. The van der Waals surface area contributed by atoms with Crippen LogP contribution in [0, 0.1) is 6.92 Å². The summed E-state index contributed by atoms with van der Waals surface area (Å²) in [6.45, 7) is 5.07. The van der Waals surface area contributed by atoms with E-state index in [1.807, 2.05) is 54.3 Å². The van der Waals surface area contributed by atoms with Crippen molar-refractivity contribution in [2.75, 3.05) is 41.7 Å². The lowest BCUT2D eigenvalue weighted by molar-refractivity contribution is 0.0724. The second-order valence-electron chi connectivity index (χ2n) is 12.1. The fraction of sp³-hybridized carbons (Fsp3) is 0.333. The first kappa shape index (κ1) is 31.0. The Morgan fingerprint density at radius 2 is 1.54 bits per heavy atom. The molecule has 0 unspecified atom stereocenters. The number of rotatable bonds is 7. The van der Waals surface area contributed by atoms with Gasteiger partial charge in [-0.15, -0.1) is 0 Å². The maximum Gasteiger partial charge on any atom is 0.293 e. The van der Waals surface area contributed by atoms with E-state index in [-0.39, 0.29) is 29.3 Å². The predicted molar refractivity (Wildman–Crippen MR) is 181 cm³/mol. The van der Waals surface area contributed by atoms with Gasteiger partial charge in [0.1, 0.15) is 0 Å². The van der Waals surface area contributed by atoms with Crippen LogP contribution in [-0.2, 0) is 7.05 Å². The van der Waals surface area contributed by atoms with Gasteiger partial charge in [0.2, 0.25) is 0 Å². The molecule has 3 aromatic carbocycles. The number of nitrogens with zero attached hydrogens (tertiary/aromatic N) is 4. The van der Waals surface area contributed by atoms with Crippen LogP contribution < -0.4 is 21.1 Å². The summed E-state index contributed by atoms with van der Waals surface area (Å²) in [5.41, 5.74) is 5.38. The summed E-state index contributed by atoms with van der Waals surface area (Å²) < 4.78 is 1.48. The largest absolute Gasteiger partial charge is 0.393 e. The quantitative estimate of drug-likeness (QED) is 0.255. The molecule has 6 rings (SSSR count). The van der Waals surface area contributed by atoms with Gasteiger partial charge in [-0.1, -0.05) is 12.1 Å². The molecule has 2 amide bonds. The van der Waals surface area contributed by atoms with Gasteiger partial charge in [0.15, 0.2) is 5.82 Å². The first-order valence-electron chi connectivity index (χ1n) is 16.0. The predicted octanol–water partition coefficient (Wildman–Crippen LogP) is 5.34. The fourth-order valence-corrected chi connectivity index (χ4v) is 6.12. The molecule has 0 atom stereocenters. The number of piperidine rings is 2. The Balaban J connectivity index is 1.17. The molecule has 10 heteroatoms. The second kappa shape index (κ2) is 13.6. The number of nitrogens with one attached hydrogen (secondary N) is 2. The van der Waals surface area contributed by atoms with E-state index < -0.39 is 0 Å². The molecular weight excluding hydrogens is 580 g/mol. The monoisotopic (exact) mass is 620 g/mol. The van der Waals surface area contributed by atoms with Crippen LogP contribution in [0.25, 0.3) is 11.3 Å². The number of likely N-dealkylation sites (tertiary alicyclic amines) is 1. The molecule has 0 radical (unpaired) electrons. The molecule has 10 nitrogen and oxygen atoms in total. The normalized spacial score (nSPS) is 15.5. The van der Waals surface area contributed by atoms with Crippen molar-refractivity contribution in [1.29, 1.82) is 0 Å². The maximum atomic E-state index is 13.2. The first-order chi connectivity index (χ1) is 22.3. The average Bonchev–Trinajstić information content (AvgIpc) is 3.08. The SMILES string of the molecule is Cc1c(NC(=O)c2ccc(N3CCC(O)CC3)cc2)cccc1-c1cn(C)c(=O)c(Nc2ccc(C(=O)N3CCCCC3)cc2)n1. The number of aliphatic hydroxyl groups excluding tert-OH is 1. The number of carbonyl (C=O) groups is 2. The molecule has 0 bridgehead atoms. The minimum Gasteiger partial charge on any atom is -0.393 e. The van der Waals surface area contributed by atoms with E-state index in [0.717, 1.165) is 75.1 Å². The van der Waals surface area contributed by atoms with Crippen LogP contribution in [0.4, 0.5) is 22.9 Å². The number of carbonyl (C=O) groups excluding carboxylic acids is 2. The van der Waals surface area contributed by atoms with Crippen molar-refractivity contribution in [3.05, 3.63) is 100.0 Å². The van der Waals surface area contributed by atoms with Gasteiger partial charge in [-0.2, -0.15) is 0 Å². The lowest BCUT2D eigenvalue weighted by atomic mass is 10.0. The Kier molecular flexibility index (Phi) is 9.16. The number of aliphatic hydroxyl groups is 1. The van der Waals surface area contributed by atoms with Gasteiger partial charge in [-0.05, 0) is 99.2 Å². The first-order valence-corrected chi connectivity index (χ1v) is 16.0. The van der Waals surface area contributed by atoms with Gasteiger partial charge in [-0.25, -0.2) is 4.98 Å². The van der Waals surface area contributed by atoms with E-state index in [4.69, 9.17) is 0 Å². The van der Waals surface area contributed by atoms with Crippen molar-refractivity contribution in [3.63, 3.8) is 0 Å². The van der Waals surface area contributed by atoms with Gasteiger partial charge < -0.3 is 30.1 Å². The van der Waals surface area contributed by atoms with Gasteiger partial charge >= 0.3 is 0 Å². The molecule has 0 spiro atoms. The number of aromatic nitrogens is 2. The third-order valence-electron chi connectivity index (χ3n) is 8.93. The van der Waals surface area contributed by atoms with Crippen molar-refractivity contribution in [2.24, 2.45) is 7.05 Å². The molecule has 238 valence electrons. The van der Waals surface area contributed by atoms with Crippen LogP contribution in [0.1, 0.15) is 58.4 Å². The van der Waals surface area contributed by atoms with Crippen LogP contribution in [0.5, 0.6) is 0 Å². The van der Waals surface area contributed by atoms with Crippen LogP contribution in [-0.4, -0.2) is 63.7 Å². The van der Waals surface area contributed by atoms with Gasteiger partial charge in [0, 0.05) is 73.2 Å². The maximum absolute atomic E-state index is 13.2. The summed E-state index contributed by atoms with van der Waals surface area (Å²) in [4.78, 5) is 47.9. The van der Waals surface area contributed by atoms with Crippen LogP contribution in [0.15, 0.2) is 77.7 Å². The highest BCUT2D eigenvalue weighted by atomic mass is 16.3. The smallest absolute Gasteiger partial charge is 0.293 e. The number of anilines is 4. The number of amides is 2. The van der Waals surface area contributed by atoms with Gasteiger partial charge in [-0.3, -0.25) is 14.4 Å². The second-order valence-corrected chi connectivity index (χ2v) is 12.1. The van der Waals surface area contributed by atoms with Crippen molar-refractivity contribution in [2.45, 2.75) is 45.1 Å². The van der Waals surface area contributed by atoms with Crippen LogP contribution in [0.3, 0.4) is 0 Å². The third-order valence-corrected chi connectivity index (χ3v) is 8.93. The lowest BCUT2D eigenvalue weighted by Gasteiger charge is -2.31. The summed E-state index contributed by atoms with van der Waals surface area (Å²) in [6.07, 6.45) is 6.16. The standard InChI is InChI=1S/C36H40N6O4/c1-24-30(7-6-8-31(24)39-34(44)25-11-15-28(16-12-25)41-21-17-29(43)18-22-41)32-23-40(2)36(46)33(38-32)37-27-13-9-26(10-14-27)35(45)42-19-4-3-5-20-42/h6-16,23,29,43H,3-5,17-22H2,1-2H3,(H,37,38)(H,39,44). The molecule has 1 aromatic heterocycles. The highest BCUT2D eigenvalue weighted by Gasteiger charge is 2.20. The molecule has 0 aliphatic carbocycles. The highest BCUT2D eigenvalue weighted by Crippen LogP contribution is 2.29. The molecule has 3 heterocycles. The van der Waals surface area contributed by atoms with E-state index in [1.165, 1.54) is 4.57 Å². The number of benzene rings is 3. The zero-order valence-corrected chi connectivity index (χ0v) is 26.3. The number of hydrogen-bond donors (Lipinski definition) is 3. The molecule has 2 fully saturated rings. The van der Waals surface area contributed by atoms with Gasteiger partial charge in [0.05, 0.1) is 11.8 Å². The Bertz CT molecular complexity index is 1770. The Hall–Kier alpha value is -4.96. The molecule has 2 aliphatic rings. The molecule has 46 heavy (non-hydrogen) atoms. The summed E-state index contributed by atoms with van der Waals surface area (Å²) in [5, 5.41) is 16.0. The Morgan fingerprint density at radius 3 is 2.24 bits per heavy atom. The average molecular weight is 621 g/mol. The minimum absolute atomic E-state index is 0.0284. The number of hydrogen-bond acceptors (Lipinski definition) is 7. The fourth-order valence-electron chi connectivity index (χ4n) is 6.12. The summed E-state index contributed by atoms with van der Waals surface area (Å²) >= 11 is 0. The van der Waals surface area contributed by atoms with Crippen molar-refractivity contribution in [3.8, 4) is 11.3 Å². The van der Waals surface area contributed by atoms with E-state index in [9.17, 15) is 19.5 Å². The topological polar surface area (TPSA) is 120 Å². The molecule has 0 saturated carbocycles. The third kappa shape index (κ3) is 6.82. The van der Waals surface area contributed by atoms with Gasteiger partial charge in [0.25, 0.3) is 17.4 Å². The van der Waals surface area contributed by atoms with Crippen molar-refractivity contribution in [1.82, 2.24) is 14.5 Å². The molecular formula is C36H40N6O4. The van der Waals surface area contributed by atoms with E-state index in [0.29, 0.717) is 28.2 Å². The Labute approximate surface area is 268 Å². The summed E-state index contributed by atoms with van der Waals surface area (Å²) in [5.74, 6) is -0.0353. The number of aryl methyl sites for hydroxylation is 1. The van der Waals surface area contributed by atoms with Crippen molar-refractivity contribution < 1.29 is 14.7 Å². The Morgan fingerprint density at radius 1 is 0.870 bits per heavy atom. The van der Waals surface area contributed by atoms with Crippen LogP contribution in [0.2, 0.25) is 0 Å². The zero-order chi connectivity index (χ0) is 32.2.